The molecule has 0 bridgehead atoms. The van der Waals surface area contributed by atoms with Crippen molar-refractivity contribution in [2.75, 3.05) is 19.6 Å². The van der Waals surface area contributed by atoms with Crippen LogP contribution in [0.15, 0.2) is 28.7 Å². The highest BCUT2D eigenvalue weighted by molar-refractivity contribution is 9.10. The van der Waals surface area contributed by atoms with E-state index in [1.54, 1.807) is 0 Å². The molecular weight excluding hydrogens is 288 g/mol. The quantitative estimate of drug-likeness (QED) is 0.926. The van der Waals surface area contributed by atoms with E-state index in [0.717, 1.165) is 23.4 Å². The first kappa shape index (κ1) is 14.0. The van der Waals surface area contributed by atoms with Gasteiger partial charge in [0.2, 0.25) is 0 Å². The fraction of sp³-hybridized carbons (Fsp3) is 0.600. The lowest BCUT2D eigenvalue weighted by atomic mass is 9.91. The average molecular weight is 311 g/mol. The van der Waals surface area contributed by atoms with Gasteiger partial charge in [-0.25, -0.2) is 0 Å². The average Bonchev–Trinajstić information content (AvgIpc) is 2.79. The molecule has 1 heterocycles. The number of likely N-dealkylation sites (tertiary alicyclic amines) is 1. The van der Waals surface area contributed by atoms with Crippen LogP contribution in [-0.2, 0) is 6.42 Å². The maximum atomic E-state index is 6.06. The first-order valence-electron chi connectivity index (χ1n) is 6.73. The van der Waals surface area contributed by atoms with Crippen LogP contribution in [0.5, 0.6) is 0 Å². The van der Waals surface area contributed by atoms with Gasteiger partial charge in [0.1, 0.15) is 0 Å². The van der Waals surface area contributed by atoms with E-state index in [4.69, 9.17) is 5.73 Å². The molecule has 1 fully saturated rings. The molecule has 0 spiro atoms. The summed E-state index contributed by atoms with van der Waals surface area (Å²) in [6.07, 6.45) is 2.33. The van der Waals surface area contributed by atoms with E-state index in [-0.39, 0.29) is 5.54 Å². The standard InChI is InChI=1S/C15H23BrN2/c1-12-7-8-18(10-12)15(2,11-17)9-13-3-5-14(16)6-4-13/h3-6,12H,7-11,17H2,1-2H3. The molecule has 0 aromatic heterocycles. The third-order valence-corrected chi connectivity index (χ3v) is 4.65. The maximum Gasteiger partial charge on any atom is 0.0343 e. The Morgan fingerprint density at radius 1 is 1.39 bits per heavy atom. The minimum absolute atomic E-state index is 0.0958. The van der Waals surface area contributed by atoms with Crippen molar-refractivity contribution in [3.05, 3.63) is 34.3 Å². The summed E-state index contributed by atoms with van der Waals surface area (Å²) in [5.41, 5.74) is 7.52. The SMILES string of the molecule is CC1CCN(C(C)(CN)Cc2ccc(Br)cc2)C1. The van der Waals surface area contributed by atoms with Crippen LogP contribution in [0.4, 0.5) is 0 Å². The van der Waals surface area contributed by atoms with Crippen molar-refractivity contribution >= 4 is 15.9 Å². The Balaban J connectivity index is 2.10. The summed E-state index contributed by atoms with van der Waals surface area (Å²) < 4.78 is 1.13. The molecule has 0 amide bonds. The Kier molecular flexibility index (Phi) is 4.46. The molecule has 2 atom stereocenters. The Morgan fingerprint density at radius 2 is 2.06 bits per heavy atom. The number of nitrogens with two attached hydrogens (primary N) is 1. The van der Waals surface area contributed by atoms with Crippen molar-refractivity contribution in [3.63, 3.8) is 0 Å². The van der Waals surface area contributed by atoms with Crippen molar-refractivity contribution in [2.24, 2.45) is 11.7 Å². The Bertz CT molecular complexity index is 390. The topological polar surface area (TPSA) is 29.3 Å². The normalized spacial score (nSPS) is 24.1. The second-order valence-electron chi connectivity index (χ2n) is 5.84. The van der Waals surface area contributed by atoms with Crippen molar-refractivity contribution < 1.29 is 0 Å². The third kappa shape index (κ3) is 3.14. The molecule has 0 aliphatic carbocycles. The number of halogens is 1. The van der Waals surface area contributed by atoms with E-state index >= 15 is 0 Å². The smallest absolute Gasteiger partial charge is 0.0343 e. The second-order valence-corrected chi connectivity index (χ2v) is 6.76. The number of benzene rings is 1. The predicted octanol–water partition coefficient (Wildman–Crippen LogP) is 3.05. The minimum atomic E-state index is 0.0958. The summed E-state index contributed by atoms with van der Waals surface area (Å²) in [6.45, 7) is 7.72. The highest BCUT2D eigenvalue weighted by atomic mass is 79.9. The van der Waals surface area contributed by atoms with Crippen LogP contribution in [0.1, 0.15) is 25.8 Å². The van der Waals surface area contributed by atoms with Gasteiger partial charge in [0.05, 0.1) is 0 Å². The van der Waals surface area contributed by atoms with E-state index in [1.807, 2.05) is 0 Å². The van der Waals surface area contributed by atoms with Gasteiger partial charge in [0, 0.05) is 23.1 Å². The number of hydrogen-bond acceptors (Lipinski definition) is 2. The Labute approximate surface area is 119 Å². The zero-order valence-electron chi connectivity index (χ0n) is 11.3. The molecule has 1 aliphatic heterocycles. The van der Waals surface area contributed by atoms with Gasteiger partial charge in [-0.1, -0.05) is 35.0 Å². The molecule has 0 saturated carbocycles. The second kappa shape index (κ2) is 5.72. The molecule has 18 heavy (non-hydrogen) atoms. The van der Waals surface area contributed by atoms with Gasteiger partial charge in [-0.15, -0.1) is 0 Å². The van der Waals surface area contributed by atoms with Crippen molar-refractivity contribution in [1.82, 2.24) is 4.90 Å². The molecule has 1 aromatic rings. The van der Waals surface area contributed by atoms with Gasteiger partial charge in [-0.05, 0) is 49.9 Å². The lowest BCUT2D eigenvalue weighted by Crippen LogP contribution is -2.52. The van der Waals surface area contributed by atoms with Crippen LogP contribution in [-0.4, -0.2) is 30.1 Å². The van der Waals surface area contributed by atoms with Crippen molar-refractivity contribution in [3.8, 4) is 0 Å². The summed E-state index contributed by atoms with van der Waals surface area (Å²) in [6, 6.07) is 8.60. The molecule has 2 unspecified atom stereocenters. The summed E-state index contributed by atoms with van der Waals surface area (Å²) in [7, 11) is 0. The molecule has 2 nitrogen and oxygen atoms in total. The van der Waals surface area contributed by atoms with E-state index < -0.39 is 0 Å². The molecule has 1 aliphatic rings. The first-order chi connectivity index (χ1) is 8.53. The molecule has 1 aromatic carbocycles. The van der Waals surface area contributed by atoms with Gasteiger partial charge in [0.15, 0.2) is 0 Å². The predicted molar refractivity (Wildman–Crippen MR) is 80.7 cm³/mol. The Hall–Kier alpha value is -0.380. The van der Waals surface area contributed by atoms with Crippen LogP contribution in [0, 0.1) is 5.92 Å². The summed E-state index contributed by atoms with van der Waals surface area (Å²) in [5.74, 6) is 0.806. The first-order valence-corrected chi connectivity index (χ1v) is 7.52. The van der Waals surface area contributed by atoms with Gasteiger partial charge in [-0.2, -0.15) is 0 Å². The largest absolute Gasteiger partial charge is 0.329 e. The van der Waals surface area contributed by atoms with Crippen molar-refractivity contribution in [1.29, 1.82) is 0 Å². The molecule has 1 saturated heterocycles. The molecule has 3 heteroatoms. The van der Waals surface area contributed by atoms with E-state index in [1.165, 1.54) is 25.1 Å². The van der Waals surface area contributed by atoms with Gasteiger partial charge >= 0.3 is 0 Å². The number of rotatable bonds is 4. The zero-order valence-corrected chi connectivity index (χ0v) is 12.9. The molecule has 2 rings (SSSR count). The van der Waals surface area contributed by atoms with Gasteiger partial charge < -0.3 is 5.73 Å². The number of nitrogens with zero attached hydrogens (tertiary/aromatic N) is 1. The third-order valence-electron chi connectivity index (χ3n) is 4.13. The van der Waals surface area contributed by atoms with Crippen LogP contribution in [0.3, 0.4) is 0 Å². The molecular formula is C15H23BrN2. The maximum absolute atomic E-state index is 6.06. The van der Waals surface area contributed by atoms with Gasteiger partial charge in [0.25, 0.3) is 0 Å². The number of hydrogen-bond donors (Lipinski definition) is 1. The lowest BCUT2D eigenvalue weighted by Gasteiger charge is -2.38. The molecule has 2 N–H and O–H groups in total. The van der Waals surface area contributed by atoms with E-state index in [9.17, 15) is 0 Å². The summed E-state index contributed by atoms with van der Waals surface area (Å²) in [4.78, 5) is 2.57. The van der Waals surface area contributed by atoms with Crippen molar-refractivity contribution in [2.45, 2.75) is 32.2 Å². The fourth-order valence-corrected chi connectivity index (χ4v) is 3.04. The summed E-state index contributed by atoms with van der Waals surface area (Å²) >= 11 is 3.48. The highest BCUT2D eigenvalue weighted by Gasteiger charge is 2.34. The lowest BCUT2D eigenvalue weighted by molar-refractivity contribution is 0.138. The van der Waals surface area contributed by atoms with Gasteiger partial charge in [-0.3, -0.25) is 4.90 Å². The monoisotopic (exact) mass is 310 g/mol. The van der Waals surface area contributed by atoms with Crippen LogP contribution >= 0.6 is 15.9 Å². The summed E-state index contributed by atoms with van der Waals surface area (Å²) in [5, 5.41) is 0. The van der Waals surface area contributed by atoms with E-state index in [0.29, 0.717) is 0 Å². The highest BCUT2D eigenvalue weighted by Crippen LogP contribution is 2.27. The van der Waals surface area contributed by atoms with E-state index in [2.05, 4.69) is 58.9 Å². The van der Waals surface area contributed by atoms with Crippen LogP contribution < -0.4 is 5.73 Å². The fourth-order valence-electron chi connectivity index (χ4n) is 2.78. The van der Waals surface area contributed by atoms with Crippen LogP contribution in [0.2, 0.25) is 0 Å². The zero-order chi connectivity index (χ0) is 13.2. The Morgan fingerprint density at radius 3 is 2.56 bits per heavy atom. The van der Waals surface area contributed by atoms with Crippen LogP contribution in [0.25, 0.3) is 0 Å². The molecule has 100 valence electrons. The minimum Gasteiger partial charge on any atom is -0.329 e. The molecule has 0 radical (unpaired) electrons.